The highest BCUT2D eigenvalue weighted by molar-refractivity contribution is 7.13. The largest absolute Gasteiger partial charge is 0.495 e. The minimum Gasteiger partial charge on any atom is -0.495 e. The molecule has 1 fully saturated rings. The monoisotopic (exact) mass is 383 g/mol. The van der Waals surface area contributed by atoms with Crippen molar-refractivity contribution >= 4 is 17.0 Å². The minimum atomic E-state index is 0.936. The fourth-order valence-electron chi connectivity index (χ4n) is 3.55. The van der Waals surface area contributed by atoms with Crippen molar-refractivity contribution in [3.8, 4) is 16.3 Å². The Morgan fingerprint density at radius 2 is 1.96 bits per heavy atom. The summed E-state index contributed by atoms with van der Waals surface area (Å²) in [7, 11) is 1.74. The first-order valence-electron chi connectivity index (χ1n) is 9.43. The van der Waals surface area contributed by atoms with E-state index in [1.165, 1.54) is 5.69 Å². The maximum Gasteiger partial charge on any atom is 0.142 e. The zero-order chi connectivity index (χ0) is 18.5. The van der Waals surface area contributed by atoms with Crippen LogP contribution in [0.25, 0.3) is 10.6 Å². The number of aryl methyl sites for hydroxylation is 1. The van der Waals surface area contributed by atoms with E-state index in [2.05, 4.69) is 44.6 Å². The lowest BCUT2D eigenvalue weighted by molar-refractivity contribution is 0.251. The van der Waals surface area contributed by atoms with E-state index in [9.17, 15) is 0 Å². The zero-order valence-corrected chi connectivity index (χ0v) is 16.5. The summed E-state index contributed by atoms with van der Waals surface area (Å²) >= 11 is 1.69. The molecule has 5 nitrogen and oxygen atoms in total. The van der Waals surface area contributed by atoms with Crippen LogP contribution in [0.5, 0.6) is 5.75 Å². The number of methoxy groups -OCH3 is 1. The molecule has 1 aliphatic heterocycles. The molecular formula is C21H25N3O2S. The second kappa shape index (κ2) is 8.59. The Kier molecular flexibility index (Phi) is 5.75. The highest BCUT2D eigenvalue weighted by Crippen LogP contribution is 2.28. The summed E-state index contributed by atoms with van der Waals surface area (Å²) in [6, 6.07) is 14.5. The molecule has 0 amide bonds. The number of ether oxygens (including phenoxy) is 1. The predicted octanol–water partition coefficient (Wildman–Crippen LogP) is 4.17. The molecule has 3 aromatic rings. The van der Waals surface area contributed by atoms with E-state index in [1.54, 1.807) is 18.4 Å². The molecule has 0 aliphatic carbocycles. The highest BCUT2D eigenvalue weighted by atomic mass is 32.1. The first-order chi connectivity index (χ1) is 13.3. The number of rotatable bonds is 7. The first kappa shape index (κ1) is 18.1. The molecule has 27 heavy (non-hydrogen) atoms. The SMILES string of the molecule is COc1ccccc1N1CCN(CCCc2cc(-c3cccs3)no2)CC1. The van der Waals surface area contributed by atoms with Gasteiger partial charge in [-0.05, 0) is 36.5 Å². The number of nitrogens with zero attached hydrogens (tertiary/aromatic N) is 3. The summed E-state index contributed by atoms with van der Waals surface area (Å²) in [6.07, 6.45) is 2.03. The number of thiophene rings is 1. The van der Waals surface area contributed by atoms with Crippen molar-refractivity contribution in [2.24, 2.45) is 0 Å². The molecule has 2 aromatic heterocycles. The van der Waals surface area contributed by atoms with Crippen LogP contribution >= 0.6 is 11.3 Å². The lowest BCUT2D eigenvalue weighted by atomic mass is 10.2. The molecule has 0 spiro atoms. The summed E-state index contributed by atoms with van der Waals surface area (Å²) in [4.78, 5) is 6.11. The topological polar surface area (TPSA) is 41.7 Å². The molecule has 0 saturated carbocycles. The van der Waals surface area contributed by atoms with Crippen LogP contribution in [0, 0.1) is 0 Å². The normalized spacial score (nSPS) is 15.2. The summed E-state index contributed by atoms with van der Waals surface area (Å²) in [5, 5.41) is 6.25. The Bertz CT molecular complexity index is 839. The Labute approximate surface area is 164 Å². The quantitative estimate of drug-likeness (QED) is 0.613. The maximum atomic E-state index is 5.50. The lowest BCUT2D eigenvalue weighted by Gasteiger charge is -2.36. The van der Waals surface area contributed by atoms with Gasteiger partial charge in [0.2, 0.25) is 0 Å². The van der Waals surface area contributed by atoms with Crippen LogP contribution in [-0.4, -0.2) is 49.9 Å². The van der Waals surface area contributed by atoms with Crippen molar-refractivity contribution < 1.29 is 9.26 Å². The van der Waals surface area contributed by atoms with Crippen molar-refractivity contribution in [3.05, 3.63) is 53.6 Å². The van der Waals surface area contributed by atoms with E-state index in [0.29, 0.717) is 0 Å². The fourth-order valence-corrected chi connectivity index (χ4v) is 4.23. The smallest absolute Gasteiger partial charge is 0.142 e. The van der Waals surface area contributed by atoms with E-state index >= 15 is 0 Å². The van der Waals surface area contributed by atoms with Crippen molar-refractivity contribution in [1.82, 2.24) is 10.1 Å². The molecule has 0 bridgehead atoms. The maximum absolute atomic E-state index is 5.50. The predicted molar refractivity (Wildman–Crippen MR) is 110 cm³/mol. The molecule has 4 rings (SSSR count). The molecule has 0 radical (unpaired) electrons. The van der Waals surface area contributed by atoms with Crippen LogP contribution in [0.2, 0.25) is 0 Å². The van der Waals surface area contributed by atoms with Gasteiger partial charge in [0.05, 0.1) is 17.7 Å². The van der Waals surface area contributed by atoms with Crippen LogP contribution in [0.3, 0.4) is 0 Å². The molecule has 1 aliphatic rings. The molecule has 0 N–H and O–H groups in total. The number of para-hydroxylation sites is 2. The van der Waals surface area contributed by atoms with Gasteiger partial charge in [-0.2, -0.15) is 0 Å². The van der Waals surface area contributed by atoms with E-state index in [1.807, 2.05) is 18.2 Å². The van der Waals surface area contributed by atoms with Gasteiger partial charge in [-0.25, -0.2) is 0 Å². The third kappa shape index (κ3) is 4.34. The molecule has 3 heterocycles. The second-order valence-corrected chi connectivity index (χ2v) is 7.71. The van der Waals surface area contributed by atoms with E-state index in [4.69, 9.17) is 9.26 Å². The van der Waals surface area contributed by atoms with Gasteiger partial charge in [0.15, 0.2) is 0 Å². The summed E-state index contributed by atoms with van der Waals surface area (Å²) in [5.41, 5.74) is 2.15. The first-order valence-corrected chi connectivity index (χ1v) is 10.3. The summed E-state index contributed by atoms with van der Waals surface area (Å²) in [5.74, 6) is 1.93. The van der Waals surface area contributed by atoms with Gasteiger partial charge in [0, 0.05) is 38.7 Å². The van der Waals surface area contributed by atoms with E-state index in [0.717, 1.165) is 67.6 Å². The lowest BCUT2D eigenvalue weighted by Crippen LogP contribution is -2.46. The Hall–Kier alpha value is -2.31. The number of hydrogen-bond acceptors (Lipinski definition) is 6. The van der Waals surface area contributed by atoms with Gasteiger partial charge in [-0.3, -0.25) is 4.90 Å². The third-order valence-electron chi connectivity index (χ3n) is 5.03. The number of aromatic nitrogens is 1. The van der Waals surface area contributed by atoms with Gasteiger partial charge in [-0.1, -0.05) is 23.4 Å². The second-order valence-electron chi connectivity index (χ2n) is 6.76. The Morgan fingerprint density at radius 1 is 1.11 bits per heavy atom. The average molecular weight is 384 g/mol. The van der Waals surface area contributed by atoms with Crippen molar-refractivity contribution in [2.45, 2.75) is 12.8 Å². The van der Waals surface area contributed by atoms with Crippen molar-refractivity contribution in [1.29, 1.82) is 0 Å². The molecule has 6 heteroatoms. The molecule has 1 aromatic carbocycles. The van der Waals surface area contributed by atoms with Gasteiger partial charge in [0.25, 0.3) is 0 Å². The minimum absolute atomic E-state index is 0.936. The van der Waals surface area contributed by atoms with Gasteiger partial charge in [0.1, 0.15) is 17.2 Å². The Balaban J connectivity index is 1.23. The zero-order valence-electron chi connectivity index (χ0n) is 15.6. The van der Waals surface area contributed by atoms with Gasteiger partial charge >= 0.3 is 0 Å². The van der Waals surface area contributed by atoms with Crippen LogP contribution in [0.1, 0.15) is 12.2 Å². The van der Waals surface area contributed by atoms with Crippen LogP contribution < -0.4 is 9.64 Å². The number of benzene rings is 1. The summed E-state index contributed by atoms with van der Waals surface area (Å²) in [6.45, 7) is 5.31. The third-order valence-corrected chi connectivity index (χ3v) is 5.92. The van der Waals surface area contributed by atoms with Crippen LogP contribution in [-0.2, 0) is 6.42 Å². The highest BCUT2D eigenvalue weighted by Gasteiger charge is 2.19. The number of piperazine rings is 1. The van der Waals surface area contributed by atoms with Gasteiger partial charge in [-0.15, -0.1) is 11.3 Å². The van der Waals surface area contributed by atoms with Crippen molar-refractivity contribution in [3.63, 3.8) is 0 Å². The standard InChI is InChI=1S/C21H25N3O2S/c1-25-20-8-3-2-7-19(20)24-13-11-23(12-14-24)10-4-6-17-16-18(22-26-17)21-9-5-15-27-21/h2-3,5,7-9,15-16H,4,6,10-14H2,1H3. The molecule has 142 valence electrons. The fraction of sp³-hybridized carbons (Fsp3) is 0.381. The Morgan fingerprint density at radius 3 is 2.74 bits per heavy atom. The summed E-state index contributed by atoms with van der Waals surface area (Å²) < 4.78 is 11.0. The number of hydrogen-bond donors (Lipinski definition) is 0. The molecule has 1 saturated heterocycles. The molecule has 0 unspecified atom stereocenters. The van der Waals surface area contributed by atoms with E-state index in [-0.39, 0.29) is 0 Å². The average Bonchev–Trinajstić information content (AvgIpc) is 3.40. The molecular weight excluding hydrogens is 358 g/mol. The van der Waals surface area contributed by atoms with Crippen LogP contribution in [0.15, 0.2) is 52.4 Å². The van der Waals surface area contributed by atoms with Crippen molar-refractivity contribution in [2.75, 3.05) is 44.7 Å². The van der Waals surface area contributed by atoms with Crippen LogP contribution in [0.4, 0.5) is 5.69 Å². The number of anilines is 1. The van der Waals surface area contributed by atoms with E-state index < -0.39 is 0 Å². The van der Waals surface area contributed by atoms with Gasteiger partial charge < -0.3 is 14.2 Å². The molecule has 0 atom stereocenters.